The molecule has 2 aliphatic rings. The van der Waals surface area contributed by atoms with Crippen LogP contribution in [0.2, 0.25) is 0 Å². The Bertz CT molecular complexity index is 1320. The molecule has 196 valence electrons. The molecule has 3 atom stereocenters. The molecule has 2 saturated heterocycles. The van der Waals surface area contributed by atoms with Crippen LogP contribution in [0.1, 0.15) is 55.9 Å². The average Bonchev–Trinajstić information content (AvgIpc) is 3.49. The van der Waals surface area contributed by atoms with Crippen molar-refractivity contribution in [3.05, 3.63) is 63.1 Å². The number of ether oxygens (including phenoxy) is 1. The number of hydrogen-bond donors (Lipinski definition) is 1. The molecule has 2 bridgehead atoms. The van der Waals surface area contributed by atoms with Gasteiger partial charge in [-0.05, 0) is 68.5 Å². The molecule has 2 aliphatic heterocycles. The normalized spacial score (nSPS) is 21.4. The largest absolute Gasteiger partial charge is 0.452 e. The fraction of sp³-hybridized carbons (Fsp3) is 0.464. The summed E-state index contributed by atoms with van der Waals surface area (Å²) in [5.41, 5.74) is 1.65. The van der Waals surface area contributed by atoms with Gasteiger partial charge < -0.3 is 14.6 Å². The number of pyridine rings is 1. The number of carbonyl (C=O) groups excluding carboxylic acids is 2. The van der Waals surface area contributed by atoms with Crippen LogP contribution in [-0.2, 0) is 4.74 Å². The first-order valence-corrected chi connectivity index (χ1v) is 13.9. The van der Waals surface area contributed by atoms with Crippen LogP contribution in [0.3, 0.4) is 0 Å². The van der Waals surface area contributed by atoms with Gasteiger partial charge in [-0.2, -0.15) is 11.3 Å². The number of fused-ring (bicyclic) bond motifs is 3. The Balaban J connectivity index is 1.27. The van der Waals surface area contributed by atoms with Gasteiger partial charge in [0.15, 0.2) is 0 Å². The first kappa shape index (κ1) is 25.5. The highest BCUT2D eigenvalue weighted by atomic mass is 32.1. The van der Waals surface area contributed by atoms with Crippen LogP contribution in [0.15, 0.2) is 52.0 Å². The zero-order valence-corrected chi connectivity index (χ0v) is 22.4. The van der Waals surface area contributed by atoms with E-state index in [0.29, 0.717) is 18.6 Å². The molecule has 2 amide bonds. The summed E-state index contributed by atoms with van der Waals surface area (Å²) in [6.07, 6.45) is 3.47. The number of anilines is 1. The van der Waals surface area contributed by atoms with Gasteiger partial charge in [0.05, 0.1) is 18.3 Å². The topological polar surface area (TPSA) is 83.9 Å². The molecule has 2 fully saturated rings. The minimum absolute atomic E-state index is 0.0215. The highest BCUT2D eigenvalue weighted by molar-refractivity contribution is 7.08. The summed E-state index contributed by atoms with van der Waals surface area (Å²) < 4.78 is 6.71. The number of benzene rings is 1. The van der Waals surface area contributed by atoms with Gasteiger partial charge >= 0.3 is 6.09 Å². The number of carbonyl (C=O) groups is 2. The van der Waals surface area contributed by atoms with Gasteiger partial charge in [0.1, 0.15) is 5.56 Å². The van der Waals surface area contributed by atoms with Gasteiger partial charge in [-0.15, -0.1) is 0 Å². The second kappa shape index (κ2) is 10.7. The molecule has 0 spiro atoms. The van der Waals surface area contributed by atoms with Gasteiger partial charge in [0, 0.05) is 42.6 Å². The smallest absolute Gasteiger partial charge is 0.414 e. The van der Waals surface area contributed by atoms with Crippen LogP contribution in [0.25, 0.3) is 10.9 Å². The number of para-hydroxylation sites is 1. The Morgan fingerprint density at radius 2 is 1.89 bits per heavy atom. The van der Waals surface area contributed by atoms with Gasteiger partial charge in [0.2, 0.25) is 0 Å². The number of rotatable bonds is 7. The average molecular weight is 523 g/mol. The van der Waals surface area contributed by atoms with E-state index in [1.165, 1.54) is 7.11 Å². The minimum Gasteiger partial charge on any atom is -0.452 e. The molecule has 0 radical (unpaired) electrons. The monoisotopic (exact) mass is 522 g/mol. The fourth-order valence-electron chi connectivity index (χ4n) is 6.04. The molecule has 8 nitrogen and oxygen atoms in total. The van der Waals surface area contributed by atoms with Crippen LogP contribution in [0.4, 0.5) is 10.5 Å². The third kappa shape index (κ3) is 5.02. The molecule has 37 heavy (non-hydrogen) atoms. The van der Waals surface area contributed by atoms with E-state index in [0.717, 1.165) is 48.8 Å². The number of methoxy groups -OCH3 is 1. The van der Waals surface area contributed by atoms with E-state index in [2.05, 4.69) is 10.2 Å². The summed E-state index contributed by atoms with van der Waals surface area (Å²) in [6, 6.07) is 12.0. The molecule has 1 unspecified atom stereocenters. The summed E-state index contributed by atoms with van der Waals surface area (Å²) in [5, 5.41) is 7.97. The lowest BCUT2D eigenvalue weighted by Gasteiger charge is -2.40. The number of aromatic nitrogens is 1. The molecule has 9 heteroatoms. The lowest BCUT2D eigenvalue weighted by molar-refractivity contribution is 0.0847. The van der Waals surface area contributed by atoms with Crippen LogP contribution in [0.5, 0.6) is 0 Å². The lowest BCUT2D eigenvalue weighted by atomic mass is 9.96. The van der Waals surface area contributed by atoms with Gasteiger partial charge in [0.25, 0.3) is 11.5 Å². The zero-order chi connectivity index (χ0) is 26.1. The quantitative estimate of drug-likeness (QED) is 0.489. The van der Waals surface area contributed by atoms with E-state index < -0.39 is 0 Å². The Hall–Kier alpha value is -3.17. The van der Waals surface area contributed by atoms with E-state index in [9.17, 15) is 14.4 Å². The van der Waals surface area contributed by atoms with Crippen molar-refractivity contribution >= 4 is 39.9 Å². The summed E-state index contributed by atoms with van der Waals surface area (Å²) in [6.45, 7) is 5.23. The lowest BCUT2D eigenvalue weighted by Crippen LogP contribution is -2.52. The Labute approximate surface area is 220 Å². The van der Waals surface area contributed by atoms with Crippen molar-refractivity contribution < 1.29 is 14.3 Å². The van der Waals surface area contributed by atoms with Crippen molar-refractivity contribution in [2.45, 2.75) is 63.7 Å². The van der Waals surface area contributed by atoms with E-state index in [4.69, 9.17) is 4.74 Å². The van der Waals surface area contributed by atoms with E-state index in [1.54, 1.807) is 26.9 Å². The Kier molecular flexibility index (Phi) is 7.35. The van der Waals surface area contributed by atoms with E-state index in [-0.39, 0.29) is 35.2 Å². The number of piperidine rings is 1. The Morgan fingerprint density at radius 3 is 2.54 bits per heavy atom. The van der Waals surface area contributed by atoms with Crippen LogP contribution in [-0.4, -0.2) is 59.8 Å². The first-order valence-electron chi connectivity index (χ1n) is 13.0. The molecule has 4 heterocycles. The molecular formula is C28H34N4O4S. The van der Waals surface area contributed by atoms with Crippen LogP contribution >= 0.6 is 11.3 Å². The molecule has 1 N–H and O–H groups in total. The van der Waals surface area contributed by atoms with Crippen molar-refractivity contribution in [2.75, 3.05) is 25.1 Å². The van der Waals surface area contributed by atoms with Gasteiger partial charge in [-0.1, -0.05) is 18.2 Å². The summed E-state index contributed by atoms with van der Waals surface area (Å²) >= 11 is 1.55. The second-order valence-corrected chi connectivity index (χ2v) is 11.0. The number of nitrogens with zero attached hydrogens (tertiary/aromatic N) is 3. The SMILES string of the molecule is COC(=O)N(CCN1[C@@H]2CC[C@H]1CC(NC(=O)c1cc3ccccc3n(C(C)C)c1=O)C2)c1ccsc1. The van der Waals surface area contributed by atoms with Crippen molar-refractivity contribution in [1.82, 2.24) is 14.8 Å². The maximum atomic E-state index is 13.3. The number of thiophene rings is 1. The van der Waals surface area contributed by atoms with E-state index >= 15 is 0 Å². The highest BCUT2D eigenvalue weighted by Gasteiger charge is 2.41. The van der Waals surface area contributed by atoms with Gasteiger partial charge in [-0.25, -0.2) is 4.79 Å². The number of nitrogens with one attached hydrogen (secondary N) is 1. The predicted molar refractivity (Wildman–Crippen MR) is 147 cm³/mol. The Morgan fingerprint density at radius 1 is 1.16 bits per heavy atom. The van der Waals surface area contributed by atoms with E-state index in [1.807, 2.05) is 54.9 Å². The molecule has 2 aromatic heterocycles. The third-order valence-electron chi connectivity index (χ3n) is 7.72. The number of hydrogen-bond acceptors (Lipinski definition) is 6. The minimum atomic E-state index is -0.352. The van der Waals surface area contributed by atoms with Crippen molar-refractivity contribution in [1.29, 1.82) is 0 Å². The molecule has 0 saturated carbocycles. The second-order valence-electron chi connectivity index (χ2n) is 10.3. The molecule has 0 aliphatic carbocycles. The molecule has 3 aromatic rings. The van der Waals surface area contributed by atoms with Crippen molar-refractivity contribution in [3.63, 3.8) is 0 Å². The highest BCUT2D eigenvalue weighted by Crippen LogP contribution is 2.36. The summed E-state index contributed by atoms with van der Waals surface area (Å²) in [5.74, 6) is -0.294. The molecular weight excluding hydrogens is 488 g/mol. The van der Waals surface area contributed by atoms with Crippen molar-refractivity contribution in [3.8, 4) is 0 Å². The first-order chi connectivity index (χ1) is 17.9. The third-order valence-corrected chi connectivity index (χ3v) is 8.39. The van der Waals surface area contributed by atoms with Crippen molar-refractivity contribution in [2.24, 2.45) is 0 Å². The zero-order valence-electron chi connectivity index (χ0n) is 21.6. The fourth-order valence-corrected chi connectivity index (χ4v) is 6.69. The maximum absolute atomic E-state index is 13.3. The number of amides is 2. The van der Waals surface area contributed by atoms with Crippen LogP contribution < -0.4 is 15.8 Å². The standard InChI is InChI=1S/C28H34N4O4S/c1-18(2)32-25-7-5-4-6-19(25)14-24(27(32)34)26(33)29-20-15-21-8-9-22(16-20)30(21)11-12-31(28(35)36-3)23-10-13-37-17-23/h4-7,10,13-14,17-18,20-22H,8-9,11-12,15-16H2,1-3H3,(H,29,33)/t20?,21-,22+. The van der Waals surface area contributed by atoms with Crippen LogP contribution in [0, 0.1) is 0 Å². The summed E-state index contributed by atoms with van der Waals surface area (Å²) in [4.78, 5) is 43.1. The summed E-state index contributed by atoms with van der Waals surface area (Å²) in [7, 11) is 1.41. The maximum Gasteiger partial charge on any atom is 0.414 e. The predicted octanol–water partition coefficient (Wildman–Crippen LogP) is 4.64. The molecule has 5 rings (SSSR count). The van der Waals surface area contributed by atoms with Gasteiger partial charge in [-0.3, -0.25) is 19.4 Å². The molecule has 1 aromatic carbocycles.